The maximum atomic E-state index is 12.2. The maximum Gasteiger partial charge on any atom is 0.401 e. The fourth-order valence-corrected chi connectivity index (χ4v) is 2.15. The van der Waals surface area contributed by atoms with Crippen molar-refractivity contribution in [2.45, 2.75) is 26.1 Å². The van der Waals surface area contributed by atoms with Crippen molar-refractivity contribution in [3.8, 4) is 0 Å². The lowest BCUT2D eigenvalue weighted by atomic mass is 10.1. The highest BCUT2D eigenvalue weighted by Gasteiger charge is 2.27. The van der Waals surface area contributed by atoms with Crippen molar-refractivity contribution in [2.75, 3.05) is 26.2 Å². The SMILES string of the molecule is CCN(CC)C(CNCC(F)(F)F)c1ccccc1. The molecule has 0 aromatic heterocycles. The second-order valence-corrected chi connectivity index (χ2v) is 4.39. The van der Waals surface area contributed by atoms with E-state index in [1.54, 1.807) is 0 Å². The van der Waals surface area contributed by atoms with Gasteiger partial charge in [-0.2, -0.15) is 13.2 Å². The van der Waals surface area contributed by atoms with Gasteiger partial charge in [-0.25, -0.2) is 0 Å². The zero-order chi connectivity index (χ0) is 14.3. The number of alkyl halides is 3. The van der Waals surface area contributed by atoms with E-state index in [1.807, 2.05) is 44.2 Å². The molecule has 19 heavy (non-hydrogen) atoms. The first-order valence-corrected chi connectivity index (χ1v) is 6.54. The highest BCUT2D eigenvalue weighted by Crippen LogP contribution is 2.20. The topological polar surface area (TPSA) is 15.3 Å². The van der Waals surface area contributed by atoms with Crippen LogP contribution in [-0.4, -0.2) is 37.3 Å². The van der Waals surface area contributed by atoms with E-state index in [0.717, 1.165) is 18.7 Å². The third-order valence-electron chi connectivity index (χ3n) is 3.10. The van der Waals surface area contributed by atoms with Gasteiger partial charge in [0.05, 0.1) is 6.54 Å². The molecular weight excluding hydrogens is 253 g/mol. The van der Waals surface area contributed by atoms with Crippen LogP contribution in [0.3, 0.4) is 0 Å². The Bertz CT molecular complexity index is 347. The molecule has 5 heteroatoms. The maximum absolute atomic E-state index is 12.2. The zero-order valence-electron chi connectivity index (χ0n) is 11.4. The quantitative estimate of drug-likeness (QED) is 0.821. The van der Waals surface area contributed by atoms with Gasteiger partial charge in [0.15, 0.2) is 0 Å². The van der Waals surface area contributed by atoms with Crippen molar-refractivity contribution < 1.29 is 13.2 Å². The number of nitrogens with one attached hydrogen (secondary N) is 1. The van der Waals surface area contributed by atoms with Crippen LogP contribution in [0.1, 0.15) is 25.5 Å². The first kappa shape index (κ1) is 16.0. The second-order valence-electron chi connectivity index (χ2n) is 4.39. The summed E-state index contributed by atoms with van der Waals surface area (Å²) in [5.41, 5.74) is 1.04. The standard InChI is InChI=1S/C14H21F3N2/c1-3-19(4-2)13(10-18-11-14(15,16)17)12-8-6-5-7-9-12/h5-9,13,18H,3-4,10-11H2,1-2H3. The molecule has 1 unspecified atom stereocenters. The lowest BCUT2D eigenvalue weighted by Crippen LogP contribution is -2.39. The molecule has 1 rings (SSSR count). The summed E-state index contributed by atoms with van der Waals surface area (Å²) < 4.78 is 36.6. The van der Waals surface area contributed by atoms with Crippen LogP contribution in [0.25, 0.3) is 0 Å². The summed E-state index contributed by atoms with van der Waals surface area (Å²) in [7, 11) is 0. The fourth-order valence-electron chi connectivity index (χ4n) is 2.15. The van der Waals surface area contributed by atoms with Crippen LogP contribution in [0.15, 0.2) is 30.3 Å². The average molecular weight is 274 g/mol. The molecule has 0 heterocycles. The van der Waals surface area contributed by atoms with Gasteiger partial charge >= 0.3 is 6.18 Å². The number of benzene rings is 1. The fraction of sp³-hybridized carbons (Fsp3) is 0.571. The number of hydrogen-bond donors (Lipinski definition) is 1. The molecule has 1 aromatic rings. The van der Waals surface area contributed by atoms with E-state index in [0.29, 0.717) is 6.54 Å². The van der Waals surface area contributed by atoms with Crippen LogP contribution in [0, 0.1) is 0 Å². The zero-order valence-corrected chi connectivity index (χ0v) is 11.4. The van der Waals surface area contributed by atoms with Gasteiger partial charge in [0.1, 0.15) is 0 Å². The molecule has 0 bridgehead atoms. The summed E-state index contributed by atoms with van der Waals surface area (Å²) in [5, 5.41) is 2.51. The van der Waals surface area contributed by atoms with Gasteiger partial charge < -0.3 is 5.32 Å². The average Bonchev–Trinajstić information content (AvgIpc) is 2.38. The van der Waals surface area contributed by atoms with Gasteiger partial charge in [0.25, 0.3) is 0 Å². The first-order chi connectivity index (χ1) is 8.98. The normalized spacial score (nSPS) is 13.8. The van der Waals surface area contributed by atoms with Crippen LogP contribution < -0.4 is 5.32 Å². The summed E-state index contributed by atoms with van der Waals surface area (Å²) in [6.45, 7) is 5.00. The molecule has 1 aromatic carbocycles. The molecule has 0 fully saturated rings. The molecule has 108 valence electrons. The Labute approximate surface area is 112 Å². The van der Waals surface area contributed by atoms with Crippen LogP contribution in [0.4, 0.5) is 13.2 Å². The van der Waals surface area contributed by atoms with E-state index in [4.69, 9.17) is 0 Å². The third kappa shape index (κ3) is 5.61. The van der Waals surface area contributed by atoms with E-state index in [9.17, 15) is 13.2 Å². The van der Waals surface area contributed by atoms with Crippen molar-refractivity contribution >= 4 is 0 Å². The van der Waals surface area contributed by atoms with Crippen LogP contribution in [0.2, 0.25) is 0 Å². The minimum absolute atomic E-state index is 0.0291. The Morgan fingerprint density at radius 1 is 1.11 bits per heavy atom. The Kier molecular flexibility index (Phi) is 6.31. The smallest absolute Gasteiger partial charge is 0.307 e. The molecular formula is C14H21F3N2. The Balaban J connectivity index is 2.71. The molecule has 0 aliphatic rings. The van der Waals surface area contributed by atoms with Crippen molar-refractivity contribution in [3.63, 3.8) is 0 Å². The van der Waals surface area contributed by atoms with E-state index in [-0.39, 0.29) is 6.04 Å². The molecule has 1 N–H and O–H groups in total. The van der Waals surface area contributed by atoms with E-state index in [2.05, 4.69) is 10.2 Å². The molecule has 0 radical (unpaired) electrons. The molecule has 0 spiro atoms. The molecule has 0 aliphatic carbocycles. The largest absolute Gasteiger partial charge is 0.401 e. The van der Waals surface area contributed by atoms with Gasteiger partial charge in [0, 0.05) is 12.6 Å². The summed E-state index contributed by atoms with van der Waals surface area (Å²) in [5.74, 6) is 0. The van der Waals surface area contributed by atoms with Crippen molar-refractivity contribution in [3.05, 3.63) is 35.9 Å². The van der Waals surface area contributed by atoms with Gasteiger partial charge in [-0.05, 0) is 18.7 Å². The molecule has 0 amide bonds. The summed E-state index contributed by atoms with van der Waals surface area (Å²) >= 11 is 0. The lowest BCUT2D eigenvalue weighted by molar-refractivity contribution is -0.125. The van der Waals surface area contributed by atoms with Crippen molar-refractivity contribution in [1.29, 1.82) is 0 Å². The molecule has 0 saturated carbocycles. The number of hydrogen-bond acceptors (Lipinski definition) is 2. The van der Waals surface area contributed by atoms with Gasteiger partial charge in [0.2, 0.25) is 0 Å². The Morgan fingerprint density at radius 3 is 2.16 bits per heavy atom. The minimum atomic E-state index is -4.16. The van der Waals surface area contributed by atoms with E-state index >= 15 is 0 Å². The first-order valence-electron chi connectivity index (χ1n) is 6.54. The monoisotopic (exact) mass is 274 g/mol. The minimum Gasteiger partial charge on any atom is -0.307 e. The van der Waals surface area contributed by atoms with Gasteiger partial charge in [-0.3, -0.25) is 4.90 Å². The highest BCUT2D eigenvalue weighted by molar-refractivity contribution is 5.19. The Hall–Kier alpha value is -1.07. The summed E-state index contributed by atoms with van der Waals surface area (Å²) in [6.07, 6.45) is -4.16. The predicted molar refractivity (Wildman–Crippen MR) is 71.0 cm³/mol. The molecule has 0 aliphatic heterocycles. The summed E-state index contributed by atoms with van der Waals surface area (Å²) in [6, 6.07) is 9.62. The van der Waals surface area contributed by atoms with Crippen molar-refractivity contribution in [2.24, 2.45) is 0 Å². The van der Waals surface area contributed by atoms with Crippen LogP contribution in [0.5, 0.6) is 0 Å². The Morgan fingerprint density at radius 2 is 1.68 bits per heavy atom. The number of halogens is 3. The molecule has 2 nitrogen and oxygen atoms in total. The molecule has 1 atom stereocenters. The number of nitrogens with zero attached hydrogens (tertiary/aromatic N) is 1. The summed E-state index contributed by atoms with van der Waals surface area (Å²) in [4.78, 5) is 2.15. The molecule has 0 saturated heterocycles. The van der Waals surface area contributed by atoms with Gasteiger partial charge in [-0.1, -0.05) is 44.2 Å². The third-order valence-corrected chi connectivity index (χ3v) is 3.10. The predicted octanol–water partition coefficient (Wildman–Crippen LogP) is 3.22. The number of rotatable bonds is 7. The van der Waals surface area contributed by atoms with Crippen molar-refractivity contribution in [1.82, 2.24) is 10.2 Å². The van der Waals surface area contributed by atoms with E-state index < -0.39 is 12.7 Å². The van der Waals surface area contributed by atoms with Crippen LogP contribution in [-0.2, 0) is 0 Å². The van der Waals surface area contributed by atoms with E-state index in [1.165, 1.54) is 0 Å². The lowest BCUT2D eigenvalue weighted by Gasteiger charge is -2.30. The highest BCUT2D eigenvalue weighted by atomic mass is 19.4. The van der Waals surface area contributed by atoms with Crippen LogP contribution >= 0.6 is 0 Å². The number of likely N-dealkylation sites (N-methyl/N-ethyl adjacent to an activating group) is 1. The second kappa shape index (κ2) is 7.50. The van der Waals surface area contributed by atoms with Gasteiger partial charge in [-0.15, -0.1) is 0 Å².